The molecule has 0 bridgehead atoms. The van der Waals surface area contributed by atoms with Crippen molar-refractivity contribution in [1.82, 2.24) is 5.32 Å². The van der Waals surface area contributed by atoms with Crippen LogP contribution in [0.25, 0.3) is 0 Å². The lowest BCUT2D eigenvalue weighted by Crippen LogP contribution is -2.28. The zero-order valence-corrected chi connectivity index (χ0v) is 12.8. The lowest BCUT2D eigenvalue weighted by Gasteiger charge is -2.13. The Balaban J connectivity index is 2.24. The standard InChI is InChI=1S/C15H23Cl2N/c1-3-4-5-6-12(2)18-10-9-13-7-8-14(16)11-15(13)17/h7-8,11-12,18H,3-6,9-10H2,1-2H3. The highest BCUT2D eigenvalue weighted by atomic mass is 35.5. The molecule has 0 aliphatic carbocycles. The molecule has 0 heterocycles. The molecule has 18 heavy (non-hydrogen) atoms. The molecule has 3 heteroatoms. The molecule has 0 radical (unpaired) electrons. The van der Waals surface area contributed by atoms with Gasteiger partial charge in [-0.3, -0.25) is 0 Å². The summed E-state index contributed by atoms with van der Waals surface area (Å²) in [6.07, 6.45) is 6.13. The zero-order valence-electron chi connectivity index (χ0n) is 11.3. The summed E-state index contributed by atoms with van der Waals surface area (Å²) >= 11 is 12.0. The van der Waals surface area contributed by atoms with Gasteiger partial charge in [-0.15, -0.1) is 0 Å². The minimum Gasteiger partial charge on any atom is -0.314 e. The molecule has 1 N–H and O–H groups in total. The summed E-state index contributed by atoms with van der Waals surface area (Å²) in [7, 11) is 0. The van der Waals surface area contributed by atoms with Gasteiger partial charge in [0.2, 0.25) is 0 Å². The minimum atomic E-state index is 0.586. The molecule has 0 aliphatic rings. The first-order valence-corrected chi connectivity index (χ1v) is 7.56. The van der Waals surface area contributed by atoms with Gasteiger partial charge in [-0.25, -0.2) is 0 Å². The van der Waals surface area contributed by atoms with Crippen LogP contribution < -0.4 is 5.32 Å². The molecule has 1 aromatic carbocycles. The average molecular weight is 288 g/mol. The molecule has 0 saturated carbocycles. The average Bonchev–Trinajstić information content (AvgIpc) is 2.32. The van der Waals surface area contributed by atoms with Crippen molar-refractivity contribution in [3.8, 4) is 0 Å². The minimum absolute atomic E-state index is 0.586. The van der Waals surface area contributed by atoms with E-state index in [4.69, 9.17) is 23.2 Å². The summed E-state index contributed by atoms with van der Waals surface area (Å²) in [6, 6.07) is 6.30. The van der Waals surface area contributed by atoms with E-state index in [1.165, 1.54) is 25.7 Å². The SMILES string of the molecule is CCCCCC(C)NCCc1ccc(Cl)cc1Cl. The summed E-state index contributed by atoms with van der Waals surface area (Å²) in [5.41, 5.74) is 1.16. The molecule has 102 valence electrons. The normalized spacial score (nSPS) is 12.7. The van der Waals surface area contributed by atoms with Crippen molar-refractivity contribution >= 4 is 23.2 Å². The molecule has 0 saturated heterocycles. The van der Waals surface area contributed by atoms with Crippen molar-refractivity contribution in [2.24, 2.45) is 0 Å². The molecule has 0 aliphatic heterocycles. The van der Waals surface area contributed by atoms with Crippen LogP contribution in [0, 0.1) is 0 Å². The van der Waals surface area contributed by atoms with Crippen LogP contribution in [0.3, 0.4) is 0 Å². The molecule has 0 amide bonds. The number of halogens is 2. The van der Waals surface area contributed by atoms with Gasteiger partial charge >= 0.3 is 0 Å². The van der Waals surface area contributed by atoms with E-state index in [9.17, 15) is 0 Å². The lowest BCUT2D eigenvalue weighted by atomic mass is 10.1. The van der Waals surface area contributed by atoms with Gasteiger partial charge in [-0.1, -0.05) is 55.5 Å². The highest BCUT2D eigenvalue weighted by Crippen LogP contribution is 2.21. The Hall–Kier alpha value is -0.240. The Labute approximate surface area is 121 Å². The van der Waals surface area contributed by atoms with Gasteiger partial charge in [-0.05, 0) is 44.0 Å². The molecule has 0 fully saturated rings. The molecule has 0 spiro atoms. The Morgan fingerprint density at radius 2 is 2.00 bits per heavy atom. The predicted octanol–water partition coefficient (Wildman–Crippen LogP) is 5.09. The number of nitrogens with one attached hydrogen (secondary N) is 1. The Morgan fingerprint density at radius 1 is 1.22 bits per heavy atom. The second kappa shape index (κ2) is 8.79. The molecular weight excluding hydrogens is 265 g/mol. The Bertz CT molecular complexity index is 352. The van der Waals surface area contributed by atoms with Crippen molar-refractivity contribution in [3.63, 3.8) is 0 Å². The second-order valence-electron chi connectivity index (χ2n) is 4.84. The first-order chi connectivity index (χ1) is 8.63. The molecule has 1 unspecified atom stereocenters. The van der Waals surface area contributed by atoms with Crippen LogP contribution in [0.4, 0.5) is 0 Å². The predicted molar refractivity (Wildman–Crippen MR) is 81.8 cm³/mol. The van der Waals surface area contributed by atoms with E-state index in [0.717, 1.165) is 23.6 Å². The monoisotopic (exact) mass is 287 g/mol. The quantitative estimate of drug-likeness (QED) is 0.657. The van der Waals surface area contributed by atoms with Gasteiger partial charge < -0.3 is 5.32 Å². The van der Waals surface area contributed by atoms with E-state index in [0.29, 0.717) is 11.1 Å². The number of rotatable bonds is 8. The van der Waals surface area contributed by atoms with Crippen molar-refractivity contribution in [3.05, 3.63) is 33.8 Å². The van der Waals surface area contributed by atoms with Gasteiger partial charge in [0.1, 0.15) is 0 Å². The van der Waals surface area contributed by atoms with Crippen LogP contribution in [0.2, 0.25) is 10.0 Å². The third-order valence-corrected chi connectivity index (χ3v) is 3.73. The molecule has 1 rings (SSSR count). The van der Waals surface area contributed by atoms with E-state index in [1.54, 1.807) is 0 Å². The third kappa shape index (κ3) is 6.08. The summed E-state index contributed by atoms with van der Waals surface area (Å²) in [6.45, 7) is 5.45. The van der Waals surface area contributed by atoms with E-state index >= 15 is 0 Å². The van der Waals surface area contributed by atoms with Gasteiger partial charge in [0, 0.05) is 16.1 Å². The fourth-order valence-corrected chi connectivity index (χ4v) is 2.48. The first kappa shape index (κ1) is 15.8. The molecular formula is C15H23Cl2N. The van der Waals surface area contributed by atoms with Crippen LogP contribution >= 0.6 is 23.2 Å². The third-order valence-electron chi connectivity index (χ3n) is 3.14. The van der Waals surface area contributed by atoms with Crippen LogP contribution in [-0.2, 0) is 6.42 Å². The summed E-state index contributed by atoms with van der Waals surface area (Å²) in [4.78, 5) is 0. The largest absolute Gasteiger partial charge is 0.314 e. The van der Waals surface area contributed by atoms with E-state index in [1.807, 2.05) is 18.2 Å². The lowest BCUT2D eigenvalue weighted by molar-refractivity contribution is 0.490. The molecule has 1 atom stereocenters. The fraction of sp³-hybridized carbons (Fsp3) is 0.600. The van der Waals surface area contributed by atoms with Gasteiger partial charge in [-0.2, -0.15) is 0 Å². The summed E-state index contributed by atoms with van der Waals surface area (Å²) < 4.78 is 0. The molecule has 1 aromatic rings. The van der Waals surface area contributed by atoms with E-state index < -0.39 is 0 Å². The maximum Gasteiger partial charge on any atom is 0.0453 e. The maximum absolute atomic E-state index is 6.14. The van der Waals surface area contributed by atoms with Crippen molar-refractivity contribution in [1.29, 1.82) is 0 Å². The van der Waals surface area contributed by atoms with E-state index in [-0.39, 0.29) is 0 Å². The molecule has 0 aromatic heterocycles. The highest BCUT2D eigenvalue weighted by molar-refractivity contribution is 6.35. The number of unbranched alkanes of at least 4 members (excludes halogenated alkanes) is 2. The first-order valence-electron chi connectivity index (χ1n) is 6.80. The van der Waals surface area contributed by atoms with Crippen molar-refractivity contribution < 1.29 is 0 Å². The number of hydrogen-bond acceptors (Lipinski definition) is 1. The van der Waals surface area contributed by atoms with Crippen LogP contribution in [-0.4, -0.2) is 12.6 Å². The van der Waals surface area contributed by atoms with E-state index in [2.05, 4.69) is 19.2 Å². The second-order valence-corrected chi connectivity index (χ2v) is 5.68. The van der Waals surface area contributed by atoms with Crippen molar-refractivity contribution in [2.75, 3.05) is 6.54 Å². The number of hydrogen-bond donors (Lipinski definition) is 1. The summed E-state index contributed by atoms with van der Waals surface area (Å²) in [5.74, 6) is 0. The Kier molecular flexibility index (Phi) is 7.73. The van der Waals surface area contributed by atoms with Crippen LogP contribution in [0.15, 0.2) is 18.2 Å². The maximum atomic E-state index is 6.14. The smallest absolute Gasteiger partial charge is 0.0453 e. The van der Waals surface area contributed by atoms with Crippen LogP contribution in [0.5, 0.6) is 0 Å². The fourth-order valence-electron chi connectivity index (χ4n) is 1.98. The summed E-state index contributed by atoms with van der Waals surface area (Å²) in [5, 5.41) is 5.01. The highest BCUT2D eigenvalue weighted by Gasteiger charge is 2.03. The zero-order chi connectivity index (χ0) is 13.4. The topological polar surface area (TPSA) is 12.0 Å². The van der Waals surface area contributed by atoms with Gasteiger partial charge in [0.15, 0.2) is 0 Å². The van der Waals surface area contributed by atoms with Crippen molar-refractivity contribution in [2.45, 2.75) is 52.0 Å². The molecule has 1 nitrogen and oxygen atoms in total. The Morgan fingerprint density at radius 3 is 2.67 bits per heavy atom. The van der Waals surface area contributed by atoms with Gasteiger partial charge in [0.05, 0.1) is 0 Å². The van der Waals surface area contributed by atoms with Gasteiger partial charge in [0.25, 0.3) is 0 Å². The van der Waals surface area contributed by atoms with Crippen LogP contribution in [0.1, 0.15) is 45.1 Å². The number of benzene rings is 1.